The van der Waals surface area contributed by atoms with E-state index in [4.69, 9.17) is 0 Å². The van der Waals surface area contributed by atoms with E-state index in [1.807, 2.05) is 0 Å². The van der Waals surface area contributed by atoms with Gasteiger partial charge in [-0.2, -0.15) is 0 Å². The van der Waals surface area contributed by atoms with Crippen molar-refractivity contribution in [2.45, 2.75) is 70.9 Å². The molecule has 2 fully saturated rings. The maximum absolute atomic E-state index is 9.39. The van der Waals surface area contributed by atoms with Crippen LogP contribution in [0.15, 0.2) is 0 Å². The average Bonchev–Trinajstić information content (AvgIpc) is 2.29. The van der Waals surface area contributed by atoms with Crippen molar-refractivity contribution >= 4 is 0 Å². The zero-order valence-electron chi connectivity index (χ0n) is 10.8. The van der Waals surface area contributed by atoms with Crippen LogP contribution >= 0.6 is 0 Å². The van der Waals surface area contributed by atoms with Gasteiger partial charge in [-0.25, -0.2) is 0 Å². The lowest BCUT2D eigenvalue weighted by molar-refractivity contribution is 0.00725. The van der Waals surface area contributed by atoms with Crippen molar-refractivity contribution in [3.8, 4) is 0 Å². The molecule has 2 nitrogen and oxygen atoms in total. The Labute approximate surface area is 99.8 Å². The molecule has 2 N–H and O–H groups in total. The molecule has 2 aliphatic rings. The van der Waals surface area contributed by atoms with Crippen molar-refractivity contribution in [2.24, 2.45) is 11.3 Å². The van der Waals surface area contributed by atoms with Gasteiger partial charge in [0.25, 0.3) is 0 Å². The molecule has 2 atom stereocenters. The van der Waals surface area contributed by atoms with E-state index in [9.17, 15) is 5.11 Å². The molecule has 2 heteroatoms. The largest absolute Gasteiger partial charge is 0.395 e. The second kappa shape index (κ2) is 5.05. The van der Waals surface area contributed by atoms with Gasteiger partial charge in [-0.3, -0.25) is 0 Å². The van der Waals surface area contributed by atoms with Gasteiger partial charge in [-0.05, 0) is 37.0 Å². The topological polar surface area (TPSA) is 32.3 Å². The van der Waals surface area contributed by atoms with E-state index >= 15 is 0 Å². The second-order valence-corrected chi connectivity index (χ2v) is 6.21. The molecule has 2 saturated carbocycles. The third-order valence-corrected chi connectivity index (χ3v) is 4.94. The Kier molecular flexibility index (Phi) is 3.91. The summed E-state index contributed by atoms with van der Waals surface area (Å²) in [4.78, 5) is 0. The van der Waals surface area contributed by atoms with E-state index in [0.29, 0.717) is 23.4 Å². The summed E-state index contributed by atoms with van der Waals surface area (Å²) >= 11 is 0. The average molecular weight is 225 g/mol. The fourth-order valence-electron chi connectivity index (χ4n) is 3.53. The lowest BCUT2D eigenvalue weighted by Gasteiger charge is -2.54. The highest BCUT2D eigenvalue weighted by molar-refractivity contribution is 5.02. The van der Waals surface area contributed by atoms with Crippen molar-refractivity contribution in [2.75, 3.05) is 6.61 Å². The summed E-state index contributed by atoms with van der Waals surface area (Å²) in [7, 11) is 0. The number of hydrogen-bond acceptors (Lipinski definition) is 2. The van der Waals surface area contributed by atoms with Gasteiger partial charge in [0.15, 0.2) is 0 Å². The van der Waals surface area contributed by atoms with Gasteiger partial charge in [0.05, 0.1) is 6.61 Å². The van der Waals surface area contributed by atoms with E-state index in [1.54, 1.807) is 0 Å². The number of aliphatic hydroxyl groups is 1. The molecular weight excluding hydrogens is 198 g/mol. The van der Waals surface area contributed by atoms with Gasteiger partial charge >= 0.3 is 0 Å². The first-order chi connectivity index (χ1) is 7.68. The molecule has 16 heavy (non-hydrogen) atoms. The van der Waals surface area contributed by atoms with Crippen LogP contribution in [0.5, 0.6) is 0 Å². The molecule has 0 bridgehead atoms. The Balaban J connectivity index is 1.90. The summed E-state index contributed by atoms with van der Waals surface area (Å²) in [6, 6.07) is 0.983. The Bertz CT molecular complexity index is 221. The molecule has 0 radical (unpaired) electrons. The Morgan fingerprint density at radius 1 is 1.19 bits per heavy atom. The van der Waals surface area contributed by atoms with E-state index in [1.165, 1.54) is 44.9 Å². The van der Waals surface area contributed by atoms with Crippen LogP contribution < -0.4 is 5.32 Å². The van der Waals surface area contributed by atoms with Crippen LogP contribution in [0.1, 0.15) is 58.8 Å². The smallest absolute Gasteiger partial charge is 0.0587 e. The molecular formula is C14H27NO. The van der Waals surface area contributed by atoms with Gasteiger partial charge < -0.3 is 10.4 Å². The third kappa shape index (κ3) is 2.28. The van der Waals surface area contributed by atoms with Crippen LogP contribution in [0.4, 0.5) is 0 Å². The molecule has 0 heterocycles. The predicted octanol–water partition coefficient (Wildman–Crippen LogP) is 2.71. The molecule has 0 aromatic rings. The molecule has 0 aromatic carbocycles. The maximum atomic E-state index is 9.39. The van der Waals surface area contributed by atoms with Crippen molar-refractivity contribution in [3.63, 3.8) is 0 Å². The molecule has 0 aromatic heterocycles. The van der Waals surface area contributed by atoms with Crippen molar-refractivity contribution < 1.29 is 5.11 Å². The highest BCUT2D eigenvalue weighted by atomic mass is 16.3. The van der Waals surface area contributed by atoms with Crippen LogP contribution in [-0.2, 0) is 0 Å². The van der Waals surface area contributed by atoms with Gasteiger partial charge in [-0.1, -0.05) is 33.1 Å². The standard InChI is InChI=1S/C14H27NO/c1-11(2)12(10-16)15-13-6-9-14(13)7-4-3-5-8-14/h11-13,15-16H,3-10H2,1-2H3. The first kappa shape index (κ1) is 12.4. The van der Waals surface area contributed by atoms with Crippen LogP contribution in [-0.4, -0.2) is 23.8 Å². The number of hydrogen-bond donors (Lipinski definition) is 2. The van der Waals surface area contributed by atoms with E-state index < -0.39 is 0 Å². The summed E-state index contributed by atoms with van der Waals surface area (Å²) in [5, 5.41) is 13.1. The molecule has 2 rings (SSSR count). The number of rotatable bonds is 4. The minimum absolute atomic E-state index is 0.282. The quantitative estimate of drug-likeness (QED) is 0.771. The molecule has 94 valence electrons. The summed E-state index contributed by atoms with van der Waals surface area (Å²) in [6.07, 6.45) is 9.85. The minimum Gasteiger partial charge on any atom is -0.395 e. The fourth-order valence-corrected chi connectivity index (χ4v) is 3.53. The minimum atomic E-state index is 0.282. The zero-order valence-corrected chi connectivity index (χ0v) is 10.8. The highest BCUT2D eigenvalue weighted by Crippen LogP contribution is 2.51. The molecule has 2 aliphatic carbocycles. The van der Waals surface area contributed by atoms with Gasteiger partial charge in [-0.15, -0.1) is 0 Å². The molecule has 1 spiro atoms. The molecule has 0 aliphatic heterocycles. The van der Waals surface area contributed by atoms with Crippen LogP contribution in [0.25, 0.3) is 0 Å². The van der Waals surface area contributed by atoms with Gasteiger partial charge in [0.1, 0.15) is 0 Å². The summed E-state index contributed by atoms with van der Waals surface area (Å²) < 4.78 is 0. The van der Waals surface area contributed by atoms with Crippen LogP contribution in [0.3, 0.4) is 0 Å². The lowest BCUT2D eigenvalue weighted by Crippen LogP contribution is -2.58. The van der Waals surface area contributed by atoms with E-state index in [0.717, 1.165) is 0 Å². The Hall–Kier alpha value is -0.0800. The van der Waals surface area contributed by atoms with Crippen LogP contribution in [0, 0.1) is 11.3 Å². The fraction of sp³-hybridized carbons (Fsp3) is 1.00. The molecule has 0 amide bonds. The maximum Gasteiger partial charge on any atom is 0.0587 e. The Morgan fingerprint density at radius 2 is 1.88 bits per heavy atom. The van der Waals surface area contributed by atoms with E-state index in [-0.39, 0.29) is 6.61 Å². The predicted molar refractivity (Wildman–Crippen MR) is 67.4 cm³/mol. The first-order valence-corrected chi connectivity index (χ1v) is 7.05. The SMILES string of the molecule is CC(C)C(CO)NC1CCC12CCCCC2. The van der Waals surface area contributed by atoms with Crippen LogP contribution in [0.2, 0.25) is 0 Å². The first-order valence-electron chi connectivity index (χ1n) is 7.05. The van der Waals surface area contributed by atoms with Crippen molar-refractivity contribution in [3.05, 3.63) is 0 Å². The lowest BCUT2D eigenvalue weighted by atomic mass is 9.57. The zero-order chi connectivity index (χ0) is 11.6. The highest BCUT2D eigenvalue weighted by Gasteiger charge is 2.47. The van der Waals surface area contributed by atoms with Gasteiger partial charge in [0.2, 0.25) is 0 Å². The summed E-state index contributed by atoms with van der Waals surface area (Å²) in [5.41, 5.74) is 0.612. The summed E-state index contributed by atoms with van der Waals surface area (Å²) in [5.74, 6) is 0.534. The van der Waals surface area contributed by atoms with Crippen molar-refractivity contribution in [1.29, 1.82) is 0 Å². The van der Waals surface area contributed by atoms with E-state index in [2.05, 4.69) is 19.2 Å². The monoisotopic (exact) mass is 225 g/mol. The van der Waals surface area contributed by atoms with Gasteiger partial charge in [0, 0.05) is 12.1 Å². The molecule has 0 saturated heterocycles. The number of nitrogens with one attached hydrogen (secondary N) is 1. The second-order valence-electron chi connectivity index (χ2n) is 6.21. The Morgan fingerprint density at radius 3 is 2.31 bits per heavy atom. The van der Waals surface area contributed by atoms with Crippen molar-refractivity contribution in [1.82, 2.24) is 5.32 Å². The summed E-state index contributed by atoms with van der Waals surface area (Å²) in [6.45, 7) is 4.67. The normalized spacial score (nSPS) is 30.4. The number of aliphatic hydroxyl groups excluding tert-OH is 1. The molecule has 2 unspecified atom stereocenters. The third-order valence-electron chi connectivity index (χ3n) is 4.94.